The lowest BCUT2D eigenvalue weighted by Gasteiger charge is -2.04. The van der Waals surface area contributed by atoms with Crippen LogP contribution in [0.15, 0.2) is 0 Å². The molecule has 8 nitrogen and oxygen atoms in total. The Kier molecular flexibility index (Phi) is 36.1. The Bertz CT molecular complexity index is 307. The monoisotopic (exact) mass is 438 g/mol. The topological polar surface area (TPSA) is 112 Å². The molecule has 0 aromatic carbocycles. The zero-order valence-electron chi connectivity index (χ0n) is 19.7. The first kappa shape index (κ1) is 33.4. The van der Waals surface area contributed by atoms with Gasteiger partial charge in [-0.15, -0.1) is 0 Å². The Hall–Kier alpha value is -1.22. The molecule has 0 spiro atoms. The summed E-state index contributed by atoms with van der Waals surface area (Å²) in [6.07, 6.45) is 6.04. The van der Waals surface area contributed by atoms with Gasteiger partial charge in [0.1, 0.15) is 0 Å². The van der Waals surface area contributed by atoms with E-state index in [4.69, 9.17) is 24.4 Å². The van der Waals surface area contributed by atoms with Crippen LogP contribution in [0.3, 0.4) is 0 Å². The number of esters is 2. The lowest BCUT2D eigenvalue weighted by Crippen LogP contribution is -2.07. The third-order valence-corrected chi connectivity index (χ3v) is 3.41. The Morgan fingerprint density at radius 1 is 0.600 bits per heavy atom. The average molecular weight is 439 g/mol. The molecule has 0 atom stereocenters. The Labute approximate surface area is 183 Å². The van der Waals surface area contributed by atoms with E-state index in [1.807, 2.05) is 13.8 Å². The van der Waals surface area contributed by atoms with E-state index in [9.17, 15) is 9.59 Å². The highest BCUT2D eigenvalue weighted by Gasteiger charge is 2.05. The molecule has 0 amide bonds. The van der Waals surface area contributed by atoms with Crippen molar-refractivity contribution in [3.05, 3.63) is 0 Å². The number of ether oxygens (including phenoxy) is 4. The summed E-state index contributed by atoms with van der Waals surface area (Å²) in [5, 5.41) is 16.2. The number of carbonyl (C=O) groups is 2. The summed E-state index contributed by atoms with van der Waals surface area (Å²) in [6, 6.07) is 0. The molecule has 30 heavy (non-hydrogen) atoms. The Balaban J connectivity index is -0.000000496. The van der Waals surface area contributed by atoms with Crippen LogP contribution in [0.4, 0.5) is 0 Å². The van der Waals surface area contributed by atoms with Crippen LogP contribution < -0.4 is 0 Å². The summed E-state index contributed by atoms with van der Waals surface area (Å²) in [5.41, 5.74) is 0. The van der Waals surface area contributed by atoms with Gasteiger partial charge in [-0.05, 0) is 39.5 Å². The summed E-state index contributed by atoms with van der Waals surface area (Å²) in [7, 11) is 0. The van der Waals surface area contributed by atoms with Gasteiger partial charge in [0.05, 0.1) is 39.6 Å². The molecule has 0 aliphatic rings. The minimum Gasteiger partial charge on any atom is -0.466 e. The molecule has 0 saturated carbocycles. The van der Waals surface area contributed by atoms with Crippen molar-refractivity contribution in [1.29, 1.82) is 0 Å². The molecule has 0 saturated heterocycles. The average Bonchev–Trinajstić information content (AvgIpc) is 2.74. The molecule has 0 bridgehead atoms. The van der Waals surface area contributed by atoms with Crippen LogP contribution in [0.2, 0.25) is 0 Å². The summed E-state index contributed by atoms with van der Waals surface area (Å²) < 4.78 is 19.5. The van der Waals surface area contributed by atoms with E-state index >= 15 is 0 Å². The maximum Gasteiger partial charge on any atom is 0.305 e. The standard InChI is InChI=1S/C14H26O4.C4H10O3.C4H10O/c1-3-5-11-17-13(15)9-7-8-10-14(16)18-12-6-4-2;5-1-3-7-4-2-6;1-3-5-4-2/h3-12H2,1-2H3;5-6H,1-4H2;3-4H2,1-2H3. The largest absolute Gasteiger partial charge is 0.466 e. The van der Waals surface area contributed by atoms with Crippen molar-refractivity contribution in [2.75, 3.05) is 52.9 Å². The van der Waals surface area contributed by atoms with E-state index in [0.29, 0.717) is 52.1 Å². The van der Waals surface area contributed by atoms with Crippen LogP contribution in [-0.4, -0.2) is 75.0 Å². The number of aliphatic hydroxyl groups excluding tert-OH is 2. The second kappa shape index (κ2) is 32.4. The quantitative estimate of drug-likeness (QED) is 0.263. The van der Waals surface area contributed by atoms with Crippen LogP contribution in [0.5, 0.6) is 0 Å². The number of carbonyl (C=O) groups excluding carboxylic acids is 2. The second-order valence-corrected chi connectivity index (χ2v) is 6.20. The van der Waals surface area contributed by atoms with Crippen LogP contribution >= 0.6 is 0 Å². The number of unbranched alkanes of at least 4 members (excludes halogenated alkanes) is 3. The van der Waals surface area contributed by atoms with Crippen molar-refractivity contribution in [3.63, 3.8) is 0 Å². The number of hydrogen-bond donors (Lipinski definition) is 2. The highest BCUT2D eigenvalue weighted by Crippen LogP contribution is 2.04. The molecule has 0 aliphatic heterocycles. The van der Waals surface area contributed by atoms with Crippen molar-refractivity contribution in [3.8, 4) is 0 Å². The summed E-state index contributed by atoms with van der Waals surface area (Å²) in [4.78, 5) is 22.5. The molecule has 0 unspecified atom stereocenters. The minimum absolute atomic E-state index is 0.0278. The van der Waals surface area contributed by atoms with Crippen LogP contribution in [0, 0.1) is 0 Å². The van der Waals surface area contributed by atoms with Crippen molar-refractivity contribution >= 4 is 11.9 Å². The van der Waals surface area contributed by atoms with Crippen molar-refractivity contribution in [1.82, 2.24) is 0 Å². The van der Waals surface area contributed by atoms with Gasteiger partial charge >= 0.3 is 11.9 Å². The van der Waals surface area contributed by atoms with Gasteiger partial charge in [-0.3, -0.25) is 9.59 Å². The van der Waals surface area contributed by atoms with Gasteiger partial charge in [-0.2, -0.15) is 0 Å². The Morgan fingerprint density at radius 2 is 1.00 bits per heavy atom. The predicted molar refractivity (Wildman–Crippen MR) is 117 cm³/mol. The third-order valence-electron chi connectivity index (χ3n) is 3.41. The number of rotatable bonds is 17. The van der Waals surface area contributed by atoms with E-state index in [0.717, 1.165) is 38.9 Å². The van der Waals surface area contributed by atoms with Crippen LogP contribution in [0.1, 0.15) is 79.1 Å². The van der Waals surface area contributed by atoms with Gasteiger partial charge in [-0.25, -0.2) is 0 Å². The minimum atomic E-state index is -0.164. The molecule has 0 aromatic heterocycles. The van der Waals surface area contributed by atoms with Gasteiger partial charge in [0.15, 0.2) is 0 Å². The van der Waals surface area contributed by atoms with Gasteiger partial charge in [0.2, 0.25) is 0 Å². The van der Waals surface area contributed by atoms with Crippen LogP contribution in [-0.2, 0) is 28.5 Å². The number of aliphatic hydroxyl groups is 2. The fourth-order valence-corrected chi connectivity index (χ4v) is 1.78. The molecule has 8 heteroatoms. The van der Waals surface area contributed by atoms with Gasteiger partial charge in [0.25, 0.3) is 0 Å². The third kappa shape index (κ3) is 37.5. The lowest BCUT2D eigenvalue weighted by molar-refractivity contribution is -0.146. The Morgan fingerprint density at radius 3 is 1.27 bits per heavy atom. The molecule has 0 aromatic rings. The fraction of sp³-hybridized carbons (Fsp3) is 0.909. The summed E-state index contributed by atoms with van der Waals surface area (Å²) in [6.45, 7) is 11.5. The molecule has 0 rings (SSSR count). The maximum atomic E-state index is 11.2. The van der Waals surface area contributed by atoms with E-state index in [1.165, 1.54) is 0 Å². The van der Waals surface area contributed by atoms with Crippen molar-refractivity contribution in [2.45, 2.75) is 79.1 Å². The summed E-state index contributed by atoms with van der Waals surface area (Å²) >= 11 is 0. The first-order chi connectivity index (χ1) is 14.5. The lowest BCUT2D eigenvalue weighted by atomic mass is 10.2. The smallest absolute Gasteiger partial charge is 0.305 e. The molecule has 182 valence electrons. The highest BCUT2D eigenvalue weighted by atomic mass is 16.5. The molecule has 0 heterocycles. The highest BCUT2D eigenvalue weighted by molar-refractivity contribution is 5.70. The normalized spacial score (nSPS) is 9.67. The molecule has 0 radical (unpaired) electrons. The molecule has 0 fully saturated rings. The molecule has 2 N–H and O–H groups in total. The second-order valence-electron chi connectivity index (χ2n) is 6.20. The van der Waals surface area contributed by atoms with Gasteiger partial charge in [-0.1, -0.05) is 26.7 Å². The van der Waals surface area contributed by atoms with E-state index in [2.05, 4.69) is 18.6 Å². The van der Waals surface area contributed by atoms with Gasteiger partial charge < -0.3 is 29.2 Å². The first-order valence-electron chi connectivity index (χ1n) is 11.2. The molecule has 0 aliphatic carbocycles. The van der Waals surface area contributed by atoms with E-state index in [-0.39, 0.29) is 25.2 Å². The summed E-state index contributed by atoms with van der Waals surface area (Å²) in [5.74, 6) is -0.328. The number of hydrogen-bond acceptors (Lipinski definition) is 8. The van der Waals surface area contributed by atoms with Crippen molar-refractivity contribution < 1.29 is 38.7 Å². The molecular weight excluding hydrogens is 392 g/mol. The fourth-order valence-electron chi connectivity index (χ4n) is 1.78. The zero-order valence-corrected chi connectivity index (χ0v) is 19.7. The van der Waals surface area contributed by atoms with E-state index < -0.39 is 0 Å². The van der Waals surface area contributed by atoms with Gasteiger partial charge in [0, 0.05) is 26.1 Å². The van der Waals surface area contributed by atoms with Crippen molar-refractivity contribution in [2.24, 2.45) is 0 Å². The first-order valence-corrected chi connectivity index (χ1v) is 11.2. The predicted octanol–water partition coefficient (Wildman–Crippen LogP) is 3.26. The molecular formula is C22H46O8. The van der Waals surface area contributed by atoms with E-state index in [1.54, 1.807) is 0 Å². The zero-order chi connectivity index (χ0) is 23.3. The maximum absolute atomic E-state index is 11.2. The SMILES string of the molecule is CCCCOC(=O)CCCCC(=O)OCCCC.CCOCC.OCCOCCO. The van der Waals surface area contributed by atoms with Crippen LogP contribution in [0.25, 0.3) is 0 Å².